The number of hydrogen-bond acceptors (Lipinski definition) is 12. The Hall–Kier alpha value is -7.04. The molecule has 1 unspecified atom stereocenters. The van der Waals surface area contributed by atoms with Crippen molar-refractivity contribution in [3.63, 3.8) is 0 Å². The van der Waals surface area contributed by atoms with Crippen LogP contribution in [0.1, 0.15) is 58.3 Å². The van der Waals surface area contributed by atoms with Gasteiger partial charge >= 0.3 is 6.18 Å². The van der Waals surface area contributed by atoms with E-state index < -0.39 is 23.7 Å². The number of aryl methyl sites for hydroxylation is 1. The topological polar surface area (TPSA) is 197 Å². The van der Waals surface area contributed by atoms with Crippen LogP contribution in [-0.2, 0) is 54.2 Å². The number of likely N-dealkylation sites (tertiary alicyclic amines) is 1. The fourth-order valence-corrected chi connectivity index (χ4v) is 10.8. The average Bonchev–Trinajstić information content (AvgIpc) is 4.15. The van der Waals surface area contributed by atoms with Crippen LogP contribution in [0.5, 0.6) is 5.75 Å². The third-order valence-electron chi connectivity index (χ3n) is 14.9. The van der Waals surface area contributed by atoms with Crippen molar-refractivity contribution >= 4 is 52.0 Å². The molecule has 412 valence electrons. The molecule has 4 aliphatic heterocycles. The molecule has 2 aromatic heterocycles. The number of imide groups is 1. The quantitative estimate of drug-likeness (QED) is 0.0530. The Labute approximate surface area is 452 Å². The second-order valence-corrected chi connectivity index (χ2v) is 20.5. The van der Waals surface area contributed by atoms with Gasteiger partial charge in [0.15, 0.2) is 0 Å². The van der Waals surface area contributed by atoms with E-state index in [1.165, 1.54) is 16.8 Å². The van der Waals surface area contributed by atoms with Crippen LogP contribution in [0, 0.1) is 5.92 Å². The number of aromatic amines is 2. The van der Waals surface area contributed by atoms with Crippen molar-refractivity contribution in [2.24, 2.45) is 5.92 Å². The first-order chi connectivity index (χ1) is 37.7. The highest BCUT2D eigenvalue weighted by molar-refractivity contribution is 6.31. The van der Waals surface area contributed by atoms with E-state index >= 15 is 0 Å². The molecule has 0 saturated carbocycles. The molecule has 4 aliphatic rings. The number of piperidine rings is 2. The maximum absolute atomic E-state index is 13.9. The summed E-state index contributed by atoms with van der Waals surface area (Å²) in [7, 11) is 0. The summed E-state index contributed by atoms with van der Waals surface area (Å²) in [6.07, 6.45) is -1.28. The maximum Gasteiger partial charge on any atom is 0.416 e. The van der Waals surface area contributed by atoms with Gasteiger partial charge in [-0.1, -0.05) is 35.9 Å². The highest BCUT2D eigenvalue weighted by atomic mass is 35.5. The van der Waals surface area contributed by atoms with Crippen molar-refractivity contribution in [3.8, 4) is 23.0 Å². The van der Waals surface area contributed by atoms with Crippen LogP contribution in [0.15, 0.2) is 89.7 Å². The van der Waals surface area contributed by atoms with Crippen molar-refractivity contribution in [1.82, 2.24) is 39.8 Å². The zero-order chi connectivity index (χ0) is 54.3. The van der Waals surface area contributed by atoms with E-state index in [2.05, 4.69) is 36.2 Å². The summed E-state index contributed by atoms with van der Waals surface area (Å²) in [6.45, 7) is 8.36. The number of hydrogen-bond donors (Lipinski definition) is 3. The van der Waals surface area contributed by atoms with Gasteiger partial charge in [-0.25, -0.2) is 4.98 Å². The van der Waals surface area contributed by atoms with Gasteiger partial charge in [-0.15, -0.1) is 0 Å². The van der Waals surface area contributed by atoms with Crippen LogP contribution >= 0.6 is 11.6 Å². The summed E-state index contributed by atoms with van der Waals surface area (Å²) < 4.78 is 64.2. The molecule has 4 aromatic carbocycles. The minimum atomic E-state index is -4.50. The van der Waals surface area contributed by atoms with Gasteiger partial charge in [0.2, 0.25) is 23.7 Å². The molecule has 6 aromatic rings. The van der Waals surface area contributed by atoms with Crippen LogP contribution in [-0.4, -0.2) is 156 Å². The SMILES string of the molecule is O=C1CCC(N2Cc3cc(N4CCN(CC5CCN(C(=O)COCCOCCOCCOc6ccc(CCc7c(-c8ccc(C(F)(F)F)cc8)[nH]n(-c8nc9ccc(Cl)cc9[nH]8)c7=O)cc6)CC5)CC4)ccc3C2=O)C(=O)N1. The molecule has 0 spiro atoms. The Bertz CT molecular complexity index is 3170. The smallest absolute Gasteiger partial charge is 0.416 e. The number of alkyl halides is 3. The van der Waals surface area contributed by atoms with Crippen molar-refractivity contribution in [2.45, 2.75) is 57.3 Å². The number of fused-ring (bicyclic) bond motifs is 2. The summed E-state index contributed by atoms with van der Waals surface area (Å²) in [4.78, 5) is 79.9. The molecule has 6 heterocycles. The average molecular weight is 1100 g/mol. The Balaban J connectivity index is 0.572. The van der Waals surface area contributed by atoms with E-state index in [1.807, 2.05) is 41.3 Å². The Kier molecular flexibility index (Phi) is 16.9. The molecule has 0 aliphatic carbocycles. The number of carbonyl (C=O) groups is 4. The molecule has 3 N–H and O–H groups in total. The number of amides is 4. The fourth-order valence-electron chi connectivity index (χ4n) is 10.6. The molecule has 3 saturated heterocycles. The molecular formula is C56H61ClF3N9O9. The maximum atomic E-state index is 13.9. The lowest BCUT2D eigenvalue weighted by Gasteiger charge is -2.39. The van der Waals surface area contributed by atoms with Crippen molar-refractivity contribution in [1.29, 1.82) is 0 Å². The number of ether oxygens (including phenoxy) is 4. The number of carbonyl (C=O) groups excluding carboxylic acids is 4. The number of rotatable bonds is 21. The van der Waals surface area contributed by atoms with Gasteiger partial charge in [0.25, 0.3) is 11.5 Å². The van der Waals surface area contributed by atoms with Crippen LogP contribution in [0.25, 0.3) is 28.2 Å². The number of nitrogens with zero attached hydrogens (tertiary/aromatic N) is 6. The van der Waals surface area contributed by atoms with Crippen LogP contribution < -0.4 is 20.5 Å². The number of anilines is 1. The molecule has 10 rings (SSSR count). The number of aromatic nitrogens is 4. The third-order valence-corrected chi connectivity index (χ3v) is 15.1. The van der Waals surface area contributed by atoms with E-state index in [4.69, 9.17) is 30.5 Å². The monoisotopic (exact) mass is 1100 g/mol. The second-order valence-electron chi connectivity index (χ2n) is 20.0. The van der Waals surface area contributed by atoms with Crippen LogP contribution in [0.4, 0.5) is 18.9 Å². The van der Waals surface area contributed by atoms with E-state index in [9.17, 15) is 37.1 Å². The number of H-pyrrole nitrogens is 2. The Morgan fingerprint density at radius 1 is 0.769 bits per heavy atom. The minimum absolute atomic E-state index is 0.0124. The molecule has 78 heavy (non-hydrogen) atoms. The van der Waals surface area contributed by atoms with Gasteiger partial charge < -0.3 is 38.6 Å². The number of imidazole rings is 1. The second kappa shape index (κ2) is 24.3. The van der Waals surface area contributed by atoms with Crippen molar-refractivity contribution < 1.29 is 51.3 Å². The molecular weight excluding hydrogens is 1040 g/mol. The zero-order valence-corrected chi connectivity index (χ0v) is 43.7. The first kappa shape index (κ1) is 54.3. The molecule has 4 amide bonds. The highest BCUT2D eigenvalue weighted by Gasteiger charge is 2.39. The number of halogens is 4. The van der Waals surface area contributed by atoms with Crippen molar-refractivity contribution in [2.75, 3.05) is 97.0 Å². The van der Waals surface area contributed by atoms with Gasteiger partial charge in [-0.3, -0.25) is 39.3 Å². The van der Waals surface area contributed by atoms with Crippen LogP contribution in [0.3, 0.4) is 0 Å². The highest BCUT2D eigenvalue weighted by Crippen LogP contribution is 2.33. The molecule has 18 nitrogen and oxygen atoms in total. The number of benzene rings is 4. The summed E-state index contributed by atoms with van der Waals surface area (Å²) in [5.41, 5.74) is 4.76. The molecule has 0 radical (unpaired) electrons. The predicted octanol–water partition coefficient (Wildman–Crippen LogP) is 6.42. The third kappa shape index (κ3) is 12.9. The molecule has 3 fully saturated rings. The van der Waals surface area contributed by atoms with E-state index in [-0.39, 0.29) is 42.3 Å². The lowest BCUT2D eigenvalue weighted by Crippen LogP contribution is -2.52. The zero-order valence-electron chi connectivity index (χ0n) is 43.0. The Morgan fingerprint density at radius 2 is 1.49 bits per heavy atom. The van der Waals surface area contributed by atoms with E-state index in [0.29, 0.717) is 129 Å². The van der Waals surface area contributed by atoms with Gasteiger partial charge in [-0.05, 0) is 115 Å². The van der Waals surface area contributed by atoms with E-state index in [1.54, 1.807) is 23.1 Å². The Morgan fingerprint density at radius 3 is 2.21 bits per heavy atom. The van der Waals surface area contributed by atoms with Gasteiger partial charge in [-0.2, -0.15) is 17.9 Å². The van der Waals surface area contributed by atoms with E-state index in [0.717, 1.165) is 74.5 Å². The predicted molar refractivity (Wildman–Crippen MR) is 284 cm³/mol. The fraction of sp³-hybridized carbons (Fsp3) is 0.429. The largest absolute Gasteiger partial charge is 0.491 e. The van der Waals surface area contributed by atoms with Gasteiger partial charge in [0.05, 0.1) is 55.3 Å². The molecule has 0 bridgehead atoms. The molecule has 1 atom stereocenters. The van der Waals surface area contributed by atoms with Gasteiger partial charge in [0, 0.05) is 80.6 Å². The minimum Gasteiger partial charge on any atom is -0.491 e. The summed E-state index contributed by atoms with van der Waals surface area (Å²) in [5, 5.41) is 5.93. The first-order valence-electron chi connectivity index (χ1n) is 26.4. The lowest BCUT2D eigenvalue weighted by atomic mass is 9.96. The normalized spacial score (nSPS) is 17.6. The first-order valence-corrected chi connectivity index (χ1v) is 26.8. The number of piperazine rings is 1. The van der Waals surface area contributed by atoms with Crippen molar-refractivity contribution in [3.05, 3.63) is 128 Å². The lowest BCUT2D eigenvalue weighted by molar-refractivity contribution is -0.138. The van der Waals surface area contributed by atoms with Crippen LogP contribution in [0.2, 0.25) is 5.02 Å². The van der Waals surface area contributed by atoms with Gasteiger partial charge in [0.1, 0.15) is 25.0 Å². The summed E-state index contributed by atoms with van der Waals surface area (Å²) in [6, 6.07) is 22.5. The number of nitrogens with one attached hydrogen (secondary N) is 3. The standard InChI is InChI=1S/C56H61ClF3N9O9/c57-41-8-14-46-47(32-41)62-55(61-46)69-54(74)45(51(64-69)38-4-6-40(7-5-38)56(58,59)60)12-3-36-1-10-43(11-2-36)78-30-29-76-26-25-75-27-28-77-35-50(71)67-19-17-37(18-20-67)33-65-21-23-66(24-22-65)42-9-13-44-39(31-42)34-68(53(44)73)48-15-16-49(70)63-52(48)72/h1-2,4-11,13-14,31-32,37,48,64H,3,12,15-30,33-35H2,(H,61,62)(H,63,70,72). The summed E-state index contributed by atoms with van der Waals surface area (Å²) >= 11 is 6.15. The summed E-state index contributed by atoms with van der Waals surface area (Å²) in [5.74, 6) is 0.488. The molecule has 22 heteroatoms.